The number of amides is 1. The Morgan fingerprint density at radius 1 is 1.22 bits per heavy atom. The van der Waals surface area contributed by atoms with Crippen LogP contribution < -0.4 is 5.32 Å². The lowest BCUT2D eigenvalue weighted by atomic mass is 10.2. The van der Waals surface area contributed by atoms with Gasteiger partial charge in [0.25, 0.3) is 5.91 Å². The second kappa shape index (κ2) is 6.12. The number of halogens is 1. The van der Waals surface area contributed by atoms with E-state index < -0.39 is 0 Å². The van der Waals surface area contributed by atoms with Crippen LogP contribution in [0.3, 0.4) is 0 Å². The SMILES string of the molecule is O=C(NCCc1cncnc1)c1ccccc1Cl. The topological polar surface area (TPSA) is 54.9 Å². The Labute approximate surface area is 110 Å². The van der Waals surface area contributed by atoms with Crippen LogP contribution in [0.25, 0.3) is 0 Å². The van der Waals surface area contributed by atoms with Crippen molar-refractivity contribution in [2.75, 3.05) is 6.54 Å². The first-order valence-electron chi connectivity index (χ1n) is 5.54. The molecule has 92 valence electrons. The summed E-state index contributed by atoms with van der Waals surface area (Å²) in [6, 6.07) is 6.97. The lowest BCUT2D eigenvalue weighted by molar-refractivity contribution is 0.0954. The Bertz CT molecular complexity index is 531. The molecule has 18 heavy (non-hydrogen) atoms. The van der Waals surface area contributed by atoms with Gasteiger partial charge in [0.1, 0.15) is 6.33 Å². The molecule has 0 saturated carbocycles. The molecule has 0 saturated heterocycles. The summed E-state index contributed by atoms with van der Waals surface area (Å²) in [5.74, 6) is -0.169. The second-order valence-corrected chi connectivity index (χ2v) is 4.14. The maximum atomic E-state index is 11.8. The number of aromatic nitrogens is 2. The number of hydrogen-bond donors (Lipinski definition) is 1. The molecule has 5 heteroatoms. The summed E-state index contributed by atoms with van der Waals surface area (Å²) in [6.45, 7) is 0.525. The minimum Gasteiger partial charge on any atom is -0.352 e. The van der Waals surface area contributed by atoms with E-state index in [0.717, 1.165) is 5.56 Å². The van der Waals surface area contributed by atoms with Gasteiger partial charge in [-0.15, -0.1) is 0 Å². The van der Waals surface area contributed by atoms with Crippen LogP contribution in [0.2, 0.25) is 5.02 Å². The lowest BCUT2D eigenvalue weighted by Crippen LogP contribution is -2.25. The van der Waals surface area contributed by atoms with E-state index in [0.29, 0.717) is 23.6 Å². The number of hydrogen-bond acceptors (Lipinski definition) is 3. The summed E-state index contributed by atoms with van der Waals surface area (Å²) in [5, 5.41) is 3.27. The van der Waals surface area contributed by atoms with E-state index in [-0.39, 0.29) is 5.91 Å². The molecule has 0 atom stereocenters. The van der Waals surface area contributed by atoms with Crippen LogP contribution in [0, 0.1) is 0 Å². The molecule has 1 N–H and O–H groups in total. The van der Waals surface area contributed by atoms with Crippen molar-refractivity contribution in [2.24, 2.45) is 0 Å². The van der Waals surface area contributed by atoms with Crippen molar-refractivity contribution < 1.29 is 4.79 Å². The fourth-order valence-electron chi connectivity index (χ4n) is 1.52. The smallest absolute Gasteiger partial charge is 0.252 e. The normalized spacial score (nSPS) is 10.1. The Balaban J connectivity index is 1.88. The van der Waals surface area contributed by atoms with E-state index in [1.165, 1.54) is 6.33 Å². The highest BCUT2D eigenvalue weighted by Crippen LogP contribution is 2.14. The van der Waals surface area contributed by atoms with E-state index in [4.69, 9.17) is 11.6 Å². The zero-order valence-electron chi connectivity index (χ0n) is 9.64. The van der Waals surface area contributed by atoms with Gasteiger partial charge in [0.2, 0.25) is 0 Å². The fourth-order valence-corrected chi connectivity index (χ4v) is 1.74. The minimum absolute atomic E-state index is 0.169. The molecule has 0 aliphatic carbocycles. The number of benzene rings is 1. The average Bonchev–Trinajstić information content (AvgIpc) is 2.40. The van der Waals surface area contributed by atoms with E-state index >= 15 is 0 Å². The van der Waals surface area contributed by atoms with Crippen LogP contribution in [0.5, 0.6) is 0 Å². The van der Waals surface area contributed by atoms with Crippen molar-refractivity contribution in [3.8, 4) is 0 Å². The molecular formula is C13H12ClN3O. The molecule has 1 aromatic carbocycles. The largest absolute Gasteiger partial charge is 0.352 e. The number of nitrogens with zero attached hydrogens (tertiary/aromatic N) is 2. The van der Waals surface area contributed by atoms with Crippen LogP contribution in [-0.4, -0.2) is 22.4 Å². The van der Waals surface area contributed by atoms with E-state index in [2.05, 4.69) is 15.3 Å². The zero-order chi connectivity index (χ0) is 12.8. The summed E-state index contributed by atoms with van der Waals surface area (Å²) >= 11 is 5.93. The number of nitrogens with one attached hydrogen (secondary N) is 1. The summed E-state index contributed by atoms with van der Waals surface area (Å²) in [7, 11) is 0. The molecule has 0 spiro atoms. The molecule has 4 nitrogen and oxygen atoms in total. The van der Waals surface area contributed by atoms with Gasteiger partial charge in [0.05, 0.1) is 10.6 Å². The second-order valence-electron chi connectivity index (χ2n) is 3.73. The average molecular weight is 262 g/mol. The molecule has 2 aromatic rings. The van der Waals surface area contributed by atoms with Crippen molar-refractivity contribution in [3.63, 3.8) is 0 Å². The molecule has 0 aliphatic heterocycles. The first-order chi connectivity index (χ1) is 8.77. The van der Waals surface area contributed by atoms with Gasteiger partial charge in [-0.25, -0.2) is 9.97 Å². The van der Waals surface area contributed by atoms with Crippen LogP contribution in [0.15, 0.2) is 43.0 Å². The molecule has 0 radical (unpaired) electrons. The molecule has 1 amide bonds. The van der Waals surface area contributed by atoms with Gasteiger partial charge in [-0.05, 0) is 24.1 Å². The lowest BCUT2D eigenvalue weighted by Gasteiger charge is -2.06. The van der Waals surface area contributed by atoms with Gasteiger partial charge in [0.15, 0.2) is 0 Å². The third-order valence-corrected chi connectivity index (χ3v) is 2.76. The first-order valence-corrected chi connectivity index (χ1v) is 5.92. The third-order valence-electron chi connectivity index (χ3n) is 2.43. The monoisotopic (exact) mass is 261 g/mol. The van der Waals surface area contributed by atoms with Crippen molar-refractivity contribution in [3.05, 3.63) is 59.1 Å². The van der Waals surface area contributed by atoms with Gasteiger partial charge < -0.3 is 5.32 Å². The summed E-state index contributed by atoms with van der Waals surface area (Å²) in [5.41, 5.74) is 1.47. The standard InChI is InChI=1S/C13H12ClN3O/c14-12-4-2-1-3-11(12)13(18)17-6-5-10-7-15-9-16-8-10/h1-4,7-9H,5-6H2,(H,17,18). The quantitative estimate of drug-likeness (QED) is 0.917. The van der Waals surface area contributed by atoms with E-state index in [1.54, 1.807) is 36.7 Å². The van der Waals surface area contributed by atoms with Crippen LogP contribution in [-0.2, 0) is 6.42 Å². The van der Waals surface area contributed by atoms with Crippen LogP contribution in [0.1, 0.15) is 15.9 Å². The Morgan fingerprint density at radius 2 is 1.94 bits per heavy atom. The molecule has 0 unspecified atom stereocenters. The van der Waals surface area contributed by atoms with Crippen LogP contribution in [0.4, 0.5) is 0 Å². The molecular weight excluding hydrogens is 250 g/mol. The van der Waals surface area contributed by atoms with Crippen molar-refractivity contribution in [2.45, 2.75) is 6.42 Å². The number of carbonyl (C=O) groups excluding carboxylic acids is 1. The van der Waals surface area contributed by atoms with Crippen LogP contribution >= 0.6 is 11.6 Å². The molecule has 0 fully saturated rings. The van der Waals surface area contributed by atoms with Gasteiger partial charge in [-0.1, -0.05) is 23.7 Å². The Hall–Kier alpha value is -1.94. The maximum Gasteiger partial charge on any atom is 0.252 e. The number of carbonyl (C=O) groups is 1. The van der Waals surface area contributed by atoms with E-state index in [1.807, 2.05) is 0 Å². The molecule has 0 bridgehead atoms. The Kier molecular flexibility index (Phi) is 4.25. The summed E-state index contributed by atoms with van der Waals surface area (Å²) in [4.78, 5) is 19.6. The third kappa shape index (κ3) is 3.28. The molecule has 0 aliphatic rings. The first kappa shape index (κ1) is 12.5. The van der Waals surface area contributed by atoms with Gasteiger partial charge in [-0.3, -0.25) is 4.79 Å². The molecule has 1 heterocycles. The number of rotatable bonds is 4. The highest BCUT2D eigenvalue weighted by Gasteiger charge is 2.08. The van der Waals surface area contributed by atoms with Gasteiger partial charge in [-0.2, -0.15) is 0 Å². The fraction of sp³-hybridized carbons (Fsp3) is 0.154. The van der Waals surface area contributed by atoms with E-state index in [9.17, 15) is 4.79 Å². The predicted molar refractivity (Wildman–Crippen MR) is 69.5 cm³/mol. The van der Waals surface area contributed by atoms with Gasteiger partial charge >= 0.3 is 0 Å². The Morgan fingerprint density at radius 3 is 2.67 bits per heavy atom. The highest BCUT2D eigenvalue weighted by atomic mass is 35.5. The molecule has 2 rings (SSSR count). The summed E-state index contributed by atoms with van der Waals surface area (Å²) in [6.07, 6.45) is 5.63. The van der Waals surface area contributed by atoms with Crippen molar-refractivity contribution in [1.29, 1.82) is 0 Å². The van der Waals surface area contributed by atoms with Gasteiger partial charge in [0, 0.05) is 18.9 Å². The zero-order valence-corrected chi connectivity index (χ0v) is 10.4. The predicted octanol–water partition coefficient (Wildman–Crippen LogP) is 2.10. The maximum absolute atomic E-state index is 11.8. The molecule has 1 aromatic heterocycles. The highest BCUT2D eigenvalue weighted by molar-refractivity contribution is 6.33. The van der Waals surface area contributed by atoms with Crippen molar-refractivity contribution in [1.82, 2.24) is 15.3 Å². The minimum atomic E-state index is -0.169. The summed E-state index contributed by atoms with van der Waals surface area (Å²) < 4.78 is 0. The van der Waals surface area contributed by atoms with Crippen molar-refractivity contribution >= 4 is 17.5 Å².